The Kier molecular flexibility index (Phi) is 3.69. The van der Waals surface area contributed by atoms with Gasteiger partial charge in [0.25, 0.3) is 5.91 Å². The second-order valence-corrected chi connectivity index (χ2v) is 6.30. The van der Waals surface area contributed by atoms with E-state index in [1.807, 2.05) is 24.3 Å². The Hall–Kier alpha value is -2.46. The van der Waals surface area contributed by atoms with E-state index < -0.39 is 0 Å². The molecule has 0 spiro atoms. The zero-order valence-corrected chi connectivity index (χ0v) is 13.6. The van der Waals surface area contributed by atoms with Crippen LogP contribution in [-0.2, 0) is 4.79 Å². The average molecular weight is 322 g/mol. The first-order valence-electron chi connectivity index (χ1n) is 8.22. The molecule has 0 unspecified atom stereocenters. The van der Waals surface area contributed by atoms with Gasteiger partial charge in [0, 0.05) is 13.6 Å². The number of halogens is 1. The van der Waals surface area contributed by atoms with E-state index in [-0.39, 0.29) is 24.3 Å². The van der Waals surface area contributed by atoms with Crippen molar-refractivity contribution >= 4 is 5.91 Å². The first kappa shape index (κ1) is 15.1. The summed E-state index contributed by atoms with van der Waals surface area (Å²) in [6, 6.07) is 16.1. The molecular formula is C20H19FN2O. The number of carbonyl (C=O) groups is 1. The van der Waals surface area contributed by atoms with Crippen molar-refractivity contribution in [2.45, 2.75) is 12.5 Å². The summed E-state index contributed by atoms with van der Waals surface area (Å²) in [5, 5.41) is 2.96. The normalized spacial score (nSPS) is 16.8. The fourth-order valence-electron chi connectivity index (χ4n) is 3.75. The molecule has 3 nitrogen and oxygen atoms in total. The second kappa shape index (κ2) is 5.87. The van der Waals surface area contributed by atoms with E-state index in [1.165, 1.54) is 0 Å². The van der Waals surface area contributed by atoms with Crippen molar-refractivity contribution in [2.24, 2.45) is 0 Å². The molecular weight excluding hydrogens is 303 g/mol. The van der Waals surface area contributed by atoms with Crippen molar-refractivity contribution in [1.82, 2.24) is 10.2 Å². The largest absolute Gasteiger partial charge is 0.331 e. The van der Waals surface area contributed by atoms with Crippen LogP contribution in [0.1, 0.15) is 23.6 Å². The van der Waals surface area contributed by atoms with E-state index in [0.29, 0.717) is 18.5 Å². The molecule has 0 atom stereocenters. The highest BCUT2D eigenvalue weighted by molar-refractivity contribution is 5.95. The summed E-state index contributed by atoms with van der Waals surface area (Å²) in [4.78, 5) is 14.6. The second-order valence-electron chi connectivity index (χ2n) is 6.30. The zero-order valence-electron chi connectivity index (χ0n) is 13.6. The molecule has 2 aromatic carbocycles. The highest BCUT2D eigenvalue weighted by atomic mass is 19.1. The SMILES string of the molecule is CN(C(=O)C1=C(F)CNCC1)C1c2ccccc2-c2ccccc21. The molecule has 1 amide bonds. The topological polar surface area (TPSA) is 32.3 Å². The third-order valence-corrected chi connectivity index (χ3v) is 4.93. The molecule has 2 aliphatic rings. The van der Waals surface area contributed by atoms with Gasteiger partial charge in [0.1, 0.15) is 5.83 Å². The van der Waals surface area contributed by atoms with Crippen LogP contribution >= 0.6 is 0 Å². The van der Waals surface area contributed by atoms with E-state index >= 15 is 0 Å². The van der Waals surface area contributed by atoms with Crippen LogP contribution < -0.4 is 5.32 Å². The van der Waals surface area contributed by atoms with Crippen molar-refractivity contribution in [3.63, 3.8) is 0 Å². The summed E-state index contributed by atoms with van der Waals surface area (Å²) >= 11 is 0. The third-order valence-electron chi connectivity index (χ3n) is 4.93. The van der Waals surface area contributed by atoms with Gasteiger partial charge in [-0.05, 0) is 35.2 Å². The molecule has 1 heterocycles. The number of fused-ring (bicyclic) bond motifs is 3. The number of carbonyl (C=O) groups excluding carboxylic acids is 1. The van der Waals surface area contributed by atoms with Crippen LogP contribution in [0.25, 0.3) is 11.1 Å². The summed E-state index contributed by atoms with van der Waals surface area (Å²) in [5.74, 6) is -0.553. The van der Waals surface area contributed by atoms with E-state index in [0.717, 1.165) is 22.3 Å². The number of hydrogen-bond acceptors (Lipinski definition) is 2. The van der Waals surface area contributed by atoms with Crippen LogP contribution in [0.3, 0.4) is 0 Å². The smallest absolute Gasteiger partial charge is 0.253 e. The molecule has 0 fully saturated rings. The maximum Gasteiger partial charge on any atom is 0.253 e. The van der Waals surface area contributed by atoms with Crippen molar-refractivity contribution in [1.29, 1.82) is 0 Å². The fraction of sp³-hybridized carbons (Fsp3) is 0.250. The standard InChI is InChI=1S/C20H19FN2O/c1-23(20(24)17-10-11-22-12-18(17)21)19-15-8-4-2-6-13(15)14-7-3-5-9-16(14)19/h2-9,19,22H,10-12H2,1H3. The van der Waals surface area contributed by atoms with Gasteiger partial charge in [0.2, 0.25) is 0 Å². The zero-order chi connectivity index (χ0) is 16.7. The predicted octanol–water partition coefficient (Wildman–Crippen LogP) is 3.43. The number of nitrogens with zero attached hydrogens (tertiary/aromatic N) is 1. The molecule has 0 saturated heterocycles. The van der Waals surface area contributed by atoms with Gasteiger partial charge in [-0.25, -0.2) is 4.39 Å². The van der Waals surface area contributed by atoms with Gasteiger partial charge >= 0.3 is 0 Å². The summed E-state index contributed by atoms with van der Waals surface area (Å²) in [7, 11) is 1.77. The van der Waals surface area contributed by atoms with Gasteiger partial charge in [-0.3, -0.25) is 4.79 Å². The minimum Gasteiger partial charge on any atom is -0.331 e. The van der Waals surface area contributed by atoms with Crippen LogP contribution in [0.2, 0.25) is 0 Å². The average Bonchev–Trinajstić information content (AvgIpc) is 2.95. The Bertz CT molecular complexity index is 798. The van der Waals surface area contributed by atoms with Crippen LogP contribution in [-0.4, -0.2) is 30.9 Å². The van der Waals surface area contributed by atoms with Crippen LogP contribution in [0.5, 0.6) is 0 Å². The van der Waals surface area contributed by atoms with Gasteiger partial charge in [0.05, 0.1) is 11.6 Å². The lowest BCUT2D eigenvalue weighted by atomic mass is 10.0. The summed E-state index contributed by atoms with van der Waals surface area (Å²) in [6.07, 6.45) is 0.436. The van der Waals surface area contributed by atoms with E-state index in [2.05, 4.69) is 29.6 Å². The van der Waals surface area contributed by atoms with E-state index in [9.17, 15) is 9.18 Å². The summed E-state index contributed by atoms with van der Waals surface area (Å²) in [5.41, 5.74) is 4.81. The van der Waals surface area contributed by atoms with Gasteiger partial charge < -0.3 is 10.2 Å². The lowest BCUT2D eigenvalue weighted by Gasteiger charge is -2.29. The number of nitrogens with one attached hydrogen (secondary N) is 1. The highest BCUT2D eigenvalue weighted by Gasteiger charge is 2.35. The highest BCUT2D eigenvalue weighted by Crippen LogP contribution is 2.46. The fourth-order valence-corrected chi connectivity index (χ4v) is 3.75. The van der Waals surface area contributed by atoms with Gasteiger partial charge in [0.15, 0.2) is 0 Å². The molecule has 0 saturated carbocycles. The maximum atomic E-state index is 14.1. The molecule has 4 rings (SSSR count). The molecule has 24 heavy (non-hydrogen) atoms. The third kappa shape index (κ3) is 2.26. The lowest BCUT2D eigenvalue weighted by Crippen LogP contribution is -2.36. The minimum absolute atomic E-state index is 0.146. The summed E-state index contributed by atoms with van der Waals surface area (Å²) < 4.78 is 14.1. The minimum atomic E-state index is -0.335. The predicted molar refractivity (Wildman–Crippen MR) is 92.1 cm³/mol. The Morgan fingerprint density at radius 1 is 1.08 bits per heavy atom. The molecule has 4 heteroatoms. The lowest BCUT2D eigenvalue weighted by molar-refractivity contribution is -0.127. The first-order chi connectivity index (χ1) is 11.7. The van der Waals surface area contributed by atoms with Crippen molar-refractivity contribution < 1.29 is 9.18 Å². The Balaban J connectivity index is 1.77. The summed E-state index contributed by atoms with van der Waals surface area (Å²) in [6.45, 7) is 0.785. The number of benzene rings is 2. The van der Waals surface area contributed by atoms with Gasteiger partial charge in [-0.1, -0.05) is 48.5 Å². The molecule has 1 aliphatic carbocycles. The molecule has 0 bridgehead atoms. The van der Waals surface area contributed by atoms with Crippen molar-refractivity contribution in [2.75, 3.05) is 20.1 Å². The number of rotatable bonds is 2. The molecule has 122 valence electrons. The monoisotopic (exact) mass is 322 g/mol. The van der Waals surface area contributed by atoms with Gasteiger partial charge in [-0.15, -0.1) is 0 Å². The van der Waals surface area contributed by atoms with Crippen LogP contribution in [0, 0.1) is 0 Å². The van der Waals surface area contributed by atoms with Crippen molar-refractivity contribution in [3.05, 3.63) is 71.1 Å². The molecule has 0 radical (unpaired) electrons. The van der Waals surface area contributed by atoms with Crippen molar-refractivity contribution in [3.8, 4) is 11.1 Å². The van der Waals surface area contributed by atoms with Crippen LogP contribution in [0.15, 0.2) is 59.9 Å². The Labute approximate surface area is 140 Å². The van der Waals surface area contributed by atoms with E-state index in [4.69, 9.17) is 0 Å². The molecule has 0 aromatic heterocycles. The quantitative estimate of drug-likeness (QED) is 0.919. The first-order valence-corrected chi connectivity index (χ1v) is 8.22. The van der Waals surface area contributed by atoms with Crippen LogP contribution in [0.4, 0.5) is 4.39 Å². The molecule has 1 aliphatic heterocycles. The molecule has 1 N–H and O–H groups in total. The number of likely N-dealkylation sites (N-methyl/N-ethyl adjacent to an activating group) is 1. The van der Waals surface area contributed by atoms with E-state index in [1.54, 1.807) is 11.9 Å². The number of amides is 1. The maximum absolute atomic E-state index is 14.1. The Morgan fingerprint density at radius 3 is 2.25 bits per heavy atom. The van der Waals surface area contributed by atoms with Gasteiger partial charge in [-0.2, -0.15) is 0 Å². The molecule has 2 aromatic rings. The Morgan fingerprint density at radius 2 is 1.67 bits per heavy atom. The number of hydrogen-bond donors (Lipinski definition) is 1.